The molecule has 1 saturated carbocycles. The Morgan fingerprint density at radius 1 is 1.75 bits per heavy atom. The van der Waals surface area contributed by atoms with Gasteiger partial charge >= 0.3 is 0 Å². The molecule has 0 amide bonds. The van der Waals surface area contributed by atoms with Crippen molar-refractivity contribution in [3.05, 3.63) is 28.1 Å². The molecule has 0 aromatic carbocycles. The van der Waals surface area contributed by atoms with E-state index in [0.717, 1.165) is 28.0 Å². The fourth-order valence-corrected chi connectivity index (χ4v) is 2.35. The largest absolute Gasteiger partial charge is 0.390 e. The normalized spacial score (nSPS) is 30.2. The maximum Gasteiger partial charge on any atom is 0.0960 e. The van der Waals surface area contributed by atoms with Gasteiger partial charge in [-0.2, -0.15) is 0 Å². The minimum atomic E-state index is -0.524. The Bertz CT molecular complexity index is 522. The first kappa shape index (κ1) is 11.6. The fourth-order valence-electron chi connectivity index (χ4n) is 2.14. The molecule has 1 aliphatic rings. The molecule has 1 fully saturated rings. The van der Waals surface area contributed by atoms with Gasteiger partial charge in [-0.25, -0.2) is 4.98 Å². The number of halogens is 1. The Kier molecular flexibility index (Phi) is 2.80. The van der Waals surface area contributed by atoms with Crippen LogP contribution in [0.3, 0.4) is 0 Å². The molecule has 16 heavy (non-hydrogen) atoms. The van der Waals surface area contributed by atoms with Crippen molar-refractivity contribution >= 4 is 28.6 Å². The van der Waals surface area contributed by atoms with Gasteiger partial charge in [0.15, 0.2) is 0 Å². The van der Waals surface area contributed by atoms with Crippen molar-refractivity contribution in [1.29, 1.82) is 0 Å². The standard InChI is InChI=1S/C12H15BrN2O/c1-8(13)4-11-9(2)15(7-14-11)10-5-12(3,16)6-10/h4,7,10,16H,1-2,5-6H2,3H3/b11-4+/t10-,12+. The van der Waals surface area contributed by atoms with E-state index in [1.54, 1.807) is 6.33 Å². The van der Waals surface area contributed by atoms with Gasteiger partial charge in [-0.3, -0.25) is 0 Å². The molecule has 0 atom stereocenters. The lowest BCUT2D eigenvalue weighted by Crippen LogP contribution is -2.45. The molecule has 3 nitrogen and oxygen atoms in total. The summed E-state index contributed by atoms with van der Waals surface area (Å²) in [5.74, 6) is 0. The summed E-state index contributed by atoms with van der Waals surface area (Å²) in [6, 6.07) is 0.320. The van der Waals surface area contributed by atoms with Gasteiger partial charge in [0, 0.05) is 10.5 Å². The summed E-state index contributed by atoms with van der Waals surface area (Å²) in [7, 11) is 0. The highest BCUT2D eigenvalue weighted by Gasteiger charge is 2.39. The molecule has 0 bridgehead atoms. The van der Waals surface area contributed by atoms with Crippen LogP contribution in [0.1, 0.15) is 25.8 Å². The van der Waals surface area contributed by atoms with Crippen LogP contribution in [0.25, 0.3) is 12.7 Å². The highest BCUT2D eigenvalue weighted by molar-refractivity contribution is 9.12. The molecule has 86 valence electrons. The SMILES string of the molecule is C=C(Br)/C=c1/ncn([C@H]2C[C@@](C)(O)C2)c1=C. The number of nitrogens with zero attached hydrogens (tertiary/aromatic N) is 2. The van der Waals surface area contributed by atoms with Gasteiger partial charge in [0.05, 0.1) is 22.6 Å². The second-order valence-electron chi connectivity index (χ2n) is 4.63. The van der Waals surface area contributed by atoms with Gasteiger partial charge < -0.3 is 9.67 Å². The third-order valence-electron chi connectivity index (χ3n) is 2.97. The van der Waals surface area contributed by atoms with Crippen LogP contribution in [0, 0.1) is 0 Å². The Morgan fingerprint density at radius 3 is 2.88 bits per heavy atom. The molecule has 4 heteroatoms. The first-order valence-electron chi connectivity index (χ1n) is 5.19. The third-order valence-corrected chi connectivity index (χ3v) is 3.19. The number of aromatic nitrogens is 2. The number of hydrogen-bond donors (Lipinski definition) is 1. The zero-order valence-corrected chi connectivity index (χ0v) is 10.9. The molecule has 1 aromatic heterocycles. The molecular formula is C12H15BrN2O. The molecule has 1 N–H and O–H groups in total. The lowest BCUT2D eigenvalue weighted by Gasteiger charge is -2.41. The Hall–Kier alpha value is -0.870. The highest BCUT2D eigenvalue weighted by atomic mass is 79.9. The minimum Gasteiger partial charge on any atom is -0.390 e. The van der Waals surface area contributed by atoms with Crippen LogP contribution in [0.15, 0.2) is 17.4 Å². The van der Waals surface area contributed by atoms with Crippen LogP contribution in [-0.4, -0.2) is 20.3 Å². The molecule has 1 heterocycles. The van der Waals surface area contributed by atoms with Crippen LogP contribution in [0.5, 0.6) is 0 Å². The Morgan fingerprint density at radius 2 is 2.38 bits per heavy atom. The van der Waals surface area contributed by atoms with E-state index in [2.05, 4.69) is 34.1 Å². The van der Waals surface area contributed by atoms with Crippen LogP contribution in [-0.2, 0) is 0 Å². The predicted molar refractivity (Wildman–Crippen MR) is 68.4 cm³/mol. The first-order valence-corrected chi connectivity index (χ1v) is 5.99. The van der Waals surface area contributed by atoms with E-state index in [1.807, 2.05) is 17.6 Å². The molecule has 0 saturated heterocycles. The number of hydrogen-bond acceptors (Lipinski definition) is 2. The van der Waals surface area contributed by atoms with E-state index < -0.39 is 5.60 Å². The molecule has 0 aliphatic heterocycles. The third kappa shape index (κ3) is 2.13. The van der Waals surface area contributed by atoms with E-state index >= 15 is 0 Å². The predicted octanol–water partition coefficient (Wildman–Crippen LogP) is 1.07. The van der Waals surface area contributed by atoms with Gasteiger partial charge in [0.2, 0.25) is 0 Å². The summed E-state index contributed by atoms with van der Waals surface area (Å²) in [4.78, 5) is 4.28. The zero-order valence-electron chi connectivity index (χ0n) is 9.28. The summed E-state index contributed by atoms with van der Waals surface area (Å²) in [6.45, 7) is 9.61. The summed E-state index contributed by atoms with van der Waals surface area (Å²) < 4.78 is 2.81. The molecule has 0 unspecified atom stereocenters. The summed E-state index contributed by atoms with van der Waals surface area (Å²) in [6.07, 6.45) is 5.15. The van der Waals surface area contributed by atoms with Crippen molar-refractivity contribution in [3.8, 4) is 0 Å². The topological polar surface area (TPSA) is 38.0 Å². The average molecular weight is 283 g/mol. The van der Waals surface area contributed by atoms with Gasteiger partial charge in [-0.05, 0) is 25.8 Å². The van der Waals surface area contributed by atoms with Crippen molar-refractivity contribution in [3.63, 3.8) is 0 Å². The van der Waals surface area contributed by atoms with Crippen molar-refractivity contribution in [2.75, 3.05) is 0 Å². The molecule has 0 radical (unpaired) electrons. The maximum atomic E-state index is 9.70. The van der Waals surface area contributed by atoms with Crippen molar-refractivity contribution < 1.29 is 5.11 Å². The molecule has 1 aromatic rings. The quantitative estimate of drug-likeness (QED) is 0.881. The molecular weight excluding hydrogens is 268 g/mol. The van der Waals surface area contributed by atoms with Crippen LogP contribution >= 0.6 is 15.9 Å². The van der Waals surface area contributed by atoms with Gasteiger partial charge in [-0.15, -0.1) is 0 Å². The fraction of sp³-hybridized carbons (Fsp3) is 0.417. The van der Waals surface area contributed by atoms with Crippen molar-refractivity contribution in [2.24, 2.45) is 0 Å². The number of rotatable bonds is 2. The molecule has 0 spiro atoms. The number of imidazole rings is 1. The monoisotopic (exact) mass is 282 g/mol. The van der Waals surface area contributed by atoms with Crippen LogP contribution < -0.4 is 10.7 Å². The zero-order chi connectivity index (χ0) is 11.9. The van der Waals surface area contributed by atoms with E-state index in [-0.39, 0.29) is 0 Å². The highest BCUT2D eigenvalue weighted by Crippen LogP contribution is 2.39. The smallest absolute Gasteiger partial charge is 0.0960 e. The summed E-state index contributed by atoms with van der Waals surface area (Å²) >= 11 is 3.27. The lowest BCUT2D eigenvalue weighted by atomic mass is 9.77. The molecule has 2 rings (SSSR count). The molecule has 1 aliphatic carbocycles. The van der Waals surface area contributed by atoms with Gasteiger partial charge in [-0.1, -0.05) is 29.1 Å². The van der Waals surface area contributed by atoms with E-state index in [9.17, 15) is 5.11 Å². The Balaban J connectivity index is 2.30. The number of allylic oxidation sites excluding steroid dienone is 1. The second kappa shape index (κ2) is 3.86. The maximum absolute atomic E-state index is 9.70. The van der Waals surface area contributed by atoms with Crippen molar-refractivity contribution in [1.82, 2.24) is 9.55 Å². The van der Waals surface area contributed by atoms with E-state index in [4.69, 9.17) is 0 Å². The van der Waals surface area contributed by atoms with Crippen LogP contribution in [0.2, 0.25) is 0 Å². The minimum absolute atomic E-state index is 0.320. The van der Waals surface area contributed by atoms with Gasteiger partial charge in [0.25, 0.3) is 0 Å². The lowest BCUT2D eigenvalue weighted by molar-refractivity contribution is -0.0516. The average Bonchev–Trinajstić information content (AvgIpc) is 2.43. The van der Waals surface area contributed by atoms with E-state index in [1.165, 1.54) is 0 Å². The summed E-state index contributed by atoms with van der Waals surface area (Å²) in [5.41, 5.74) is -0.524. The number of aliphatic hydroxyl groups is 1. The first-order chi connectivity index (χ1) is 7.39. The Labute approximate surface area is 103 Å². The second-order valence-corrected chi connectivity index (χ2v) is 5.65. The summed E-state index contributed by atoms with van der Waals surface area (Å²) in [5, 5.41) is 11.4. The van der Waals surface area contributed by atoms with E-state index in [0.29, 0.717) is 6.04 Å². The van der Waals surface area contributed by atoms with Gasteiger partial charge in [0.1, 0.15) is 0 Å². The van der Waals surface area contributed by atoms with Crippen molar-refractivity contribution in [2.45, 2.75) is 31.4 Å². The van der Waals surface area contributed by atoms with Crippen LogP contribution in [0.4, 0.5) is 0 Å².